The Morgan fingerprint density at radius 2 is 1.83 bits per heavy atom. The number of carbonyl (C=O) groups is 2. The zero-order valence-electron chi connectivity index (χ0n) is 16.6. The highest BCUT2D eigenvalue weighted by molar-refractivity contribution is 5.92. The van der Waals surface area contributed by atoms with Crippen LogP contribution in [0.5, 0.6) is 0 Å². The molecule has 29 heavy (non-hydrogen) atoms. The molecule has 2 aliphatic heterocycles. The van der Waals surface area contributed by atoms with Crippen LogP contribution >= 0.6 is 0 Å². The predicted molar refractivity (Wildman–Crippen MR) is 106 cm³/mol. The van der Waals surface area contributed by atoms with Crippen LogP contribution in [0.2, 0.25) is 0 Å². The number of amides is 2. The van der Waals surface area contributed by atoms with E-state index in [0.717, 1.165) is 38.6 Å². The number of hydrogen-bond acceptors (Lipinski definition) is 4. The number of carbonyl (C=O) groups excluding carboxylic acids is 2. The van der Waals surface area contributed by atoms with Gasteiger partial charge in [-0.05, 0) is 55.9 Å². The number of nitrogens with zero attached hydrogens (tertiary/aromatic N) is 3. The third-order valence-electron chi connectivity index (χ3n) is 6.21. The summed E-state index contributed by atoms with van der Waals surface area (Å²) >= 11 is 0. The third kappa shape index (κ3) is 4.18. The van der Waals surface area contributed by atoms with Gasteiger partial charge in [0.1, 0.15) is 11.5 Å². The van der Waals surface area contributed by atoms with Crippen molar-refractivity contribution in [2.45, 2.75) is 32.1 Å². The van der Waals surface area contributed by atoms with Gasteiger partial charge in [-0.1, -0.05) is 11.6 Å². The van der Waals surface area contributed by atoms with Crippen molar-refractivity contribution in [1.29, 1.82) is 0 Å². The van der Waals surface area contributed by atoms with Gasteiger partial charge in [0.15, 0.2) is 0 Å². The van der Waals surface area contributed by atoms with Gasteiger partial charge < -0.3 is 14.3 Å². The molecule has 0 radical (unpaired) electrons. The second kappa shape index (κ2) is 8.35. The maximum absolute atomic E-state index is 13.1. The molecule has 2 saturated heterocycles. The lowest BCUT2D eigenvalue weighted by molar-refractivity contribution is -0.135. The molecule has 1 atom stereocenters. The number of likely N-dealkylation sites (tertiary alicyclic amines) is 2. The predicted octanol–water partition coefficient (Wildman–Crippen LogP) is 3.59. The minimum atomic E-state index is -0.324. The molecule has 0 saturated carbocycles. The molecule has 4 rings (SSSR count). The van der Waals surface area contributed by atoms with Crippen molar-refractivity contribution in [1.82, 2.24) is 15.0 Å². The Kier molecular flexibility index (Phi) is 5.65. The molecule has 3 heterocycles. The molecule has 7 heteroatoms. The number of rotatable bonds is 3. The first kappa shape index (κ1) is 19.6. The van der Waals surface area contributed by atoms with Gasteiger partial charge in [0.2, 0.25) is 11.7 Å². The van der Waals surface area contributed by atoms with Crippen LogP contribution in [-0.4, -0.2) is 53.5 Å². The van der Waals surface area contributed by atoms with Gasteiger partial charge in [-0.15, -0.1) is 0 Å². The number of piperidine rings is 1. The first-order valence-corrected chi connectivity index (χ1v) is 10.3. The average molecular weight is 399 g/mol. The third-order valence-corrected chi connectivity index (χ3v) is 6.21. The van der Waals surface area contributed by atoms with Crippen LogP contribution in [0.3, 0.4) is 0 Å². The summed E-state index contributed by atoms with van der Waals surface area (Å²) < 4.78 is 18.3. The first-order chi connectivity index (χ1) is 14.0. The van der Waals surface area contributed by atoms with Gasteiger partial charge in [-0.25, -0.2) is 4.39 Å². The largest absolute Gasteiger partial charge is 0.350 e. The van der Waals surface area contributed by atoms with Gasteiger partial charge in [0.25, 0.3) is 5.91 Å². The first-order valence-electron chi connectivity index (χ1n) is 10.3. The van der Waals surface area contributed by atoms with E-state index < -0.39 is 0 Å². The Hall–Kier alpha value is -2.70. The standard InChI is InChI=1S/C22H26FN3O3/c1-25-11-3-2-4-18(21(25)27)15-9-12-26(13-10-15)22(28)20-14-19(24-29-20)16-5-7-17(23)8-6-16/h5-8,14-15,18H,2-4,9-13H2,1H3/t18-/m1/s1. The molecule has 0 N–H and O–H groups in total. The number of benzene rings is 1. The van der Waals surface area contributed by atoms with Gasteiger partial charge in [0.05, 0.1) is 0 Å². The van der Waals surface area contributed by atoms with Crippen molar-refractivity contribution in [3.63, 3.8) is 0 Å². The van der Waals surface area contributed by atoms with Crippen molar-refractivity contribution in [3.05, 3.63) is 41.9 Å². The van der Waals surface area contributed by atoms with E-state index in [9.17, 15) is 14.0 Å². The van der Waals surface area contributed by atoms with Gasteiger partial charge in [-0.3, -0.25) is 9.59 Å². The zero-order chi connectivity index (χ0) is 20.4. The molecule has 2 fully saturated rings. The molecular weight excluding hydrogens is 373 g/mol. The molecule has 0 spiro atoms. The molecule has 154 valence electrons. The second-order valence-corrected chi connectivity index (χ2v) is 8.07. The Labute approximate surface area is 169 Å². The van der Waals surface area contributed by atoms with E-state index in [1.54, 1.807) is 23.1 Å². The summed E-state index contributed by atoms with van der Waals surface area (Å²) in [5.74, 6) is 0.342. The topological polar surface area (TPSA) is 66.7 Å². The molecule has 0 unspecified atom stereocenters. The number of aromatic nitrogens is 1. The zero-order valence-corrected chi connectivity index (χ0v) is 16.6. The van der Waals surface area contributed by atoms with Gasteiger partial charge in [0, 0.05) is 44.2 Å². The van der Waals surface area contributed by atoms with Crippen molar-refractivity contribution < 1.29 is 18.5 Å². The molecular formula is C22H26FN3O3. The van der Waals surface area contributed by atoms with Crippen molar-refractivity contribution >= 4 is 11.8 Å². The summed E-state index contributed by atoms with van der Waals surface area (Å²) in [7, 11) is 1.89. The lowest BCUT2D eigenvalue weighted by atomic mass is 9.81. The van der Waals surface area contributed by atoms with Crippen LogP contribution in [0.25, 0.3) is 11.3 Å². The van der Waals surface area contributed by atoms with E-state index in [1.165, 1.54) is 12.1 Å². The highest BCUT2D eigenvalue weighted by atomic mass is 19.1. The summed E-state index contributed by atoms with van der Waals surface area (Å²) in [6.07, 6.45) is 4.76. The Morgan fingerprint density at radius 3 is 2.55 bits per heavy atom. The molecule has 0 aliphatic carbocycles. The van der Waals surface area contributed by atoms with Crippen molar-refractivity contribution in [2.75, 3.05) is 26.7 Å². The molecule has 0 bridgehead atoms. The van der Waals surface area contributed by atoms with Crippen LogP contribution in [0.1, 0.15) is 42.7 Å². The molecule has 6 nitrogen and oxygen atoms in total. The van der Waals surface area contributed by atoms with E-state index in [1.807, 2.05) is 11.9 Å². The van der Waals surface area contributed by atoms with E-state index in [0.29, 0.717) is 30.3 Å². The normalized spacial score (nSPS) is 21.3. The minimum absolute atomic E-state index is 0.0788. The van der Waals surface area contributed by atoms with E-state index >= 15 is 0 Å². The SMILES string of the molecule is CN1CCCC[C@H](C2CCN(C(=O)c3cc(-c4ccc(F)cc4)no3)CC2)C1=O. The molecule has 1 aromatic carbocycles. The maximum Gasteiger partial charge on any atom is 0.292 e. The van der Waals surface area contributed by atoms with E-state index in [4.69, 9.17) is 4.52 Å². The van der Waals surface area contributed by atoms with Crippen LogP contribution in [0.4, 0.5) is 4.39 Å². The Morgan fingerprint density at radius 1 is 1.10 bits per heavy atom. The van der Waals surface area contributed by atoms with Crippen molar-refractivity contribution in [2.24, 2.45) is 11.8 Å². The van der Waals surface area contributed by atoms with Crippen LogP contribution in [0, 0.1) is 17.7 Å². The van der Waals surface area contributed by atoms with Crippen LogP contribution in [0.15, 0.2) is 34.9 Å². The highest BCUT2D eigenvalue weighted by Crippen LogP contribution is 2.32. The van der Waals surface area contributed by atoms with Crippen LogP contribution in [-0.2, 0) is 4.79 Å². The molecule has 1 aromatic heterocycles. The number of hydrogen-bond donors (Lipinski definition) is 0. The monoisotopic (exact) mass is 399 g/mol. The lowest BCUT2D eigenvalue weighted by Crippen LogP contribution is -2.43. The average Bonchev–Trinajstić information content (AvgIpc) is 3.17. The lowest BCUT2D eigenvalue weighted by Gasteiger charge is -2.35. The summed E-state index contributed by atoms with van der Waals surface area (Å²) in [6, 6.07) is 7.51. The van der Waals surface area contributed by atoms with E-state index in [2.05, 4.69) is 5.16 Å². The minimum Gasteiger partial charge on any atom is -0.350 e. The van der Waals surface area contributed by atoms with Crippen LogP contribution < -0.4 is 0 Å². The van der Waals surface area contributed by atoms with E-state index in [-0.39, 0.29) is 29.3 Å². The fraction of sp³-hybridized carbons (Fsp3) is 0.500. The molecule has 2 amide bonds. The summed E-state index contributed by atoms with van der Waals surface area (Å²) in [6.45, 7) is 2.07. The molecule has 2 aromatic rings. The smallest absolute Gasteiger partial charge is 0.292 e. The van der Waals surface area contributed by atoms with Gasteiger partial charge in [-0.2, -0.15) is 0 Å². The summed E-state index contributed by atoms with van der Waals surface area (Å²) in [5, 5.41) is 3.95. The van der Waals surface area contributed by atoms with Crippen molar-refractivity contribution in [3.8, 4) is 11.3 Å². The quantitative estimate of drug-likeness (QED) is 0.791. The highest BCUT2D eigenvalue weighted by Gasteiger charge is 2.35. The molecule has 2 aliphatic rings. The fourth-order valence-electron chi connectivity index (χ4n) is 4.46. The van der Waals surface area contributed by atoms with Gasteiger partial charge >= 0.3 is 0 Å². The Bertz CT molecular complexity index is 872. The Balaban J connectivity index is 1.38. The summed E-state index contributed by atoms with van der Waals surface area (Å²) in [5.41, 5.74) is 1.21. The fourth-order valence-corrected chi connectivity index (χ4v) is 4.46. The second-order valence-electron chi connectivity index (χ2n) is 8.07. The number of halogens is 1. The maximum atomic E-state index is 13.1. The summed E-state index contributed by atoms with van der Waals surface area (Å²) in [4.78, 5) is 29.1.